The number of rotatable bonds is 4. The van der Waals surface area contributed by atoms with Gasteiger partial charge in [-0.3, -0.25) is 9.36 Å². The molecule has 0 amide bonds. The summed E-state index contributed by atoms with van der Waals surface area (Å²) in [6.07, 6.45) is 10.9. The largest absolute Gasteiger partial charge is 0.351 e. The summed E-state index contributed by atoms with van der Waals surface area (Å²) < 4.78 is 40.7. The van der Waals surface area contributed by atoms with Gasteiger partial charge in [-0.25, -0.2) is 22.1 Å². The summed E-state index contributed by atoms with van der Waals surface area (Å²) in [6.45, 7) is 0.881. The quantitative estimate of drug-likeness (QED) is 0.742. The first-order valence-electron chi connectivity index (χ1n) is 10.2. The van der Waals surface area contributed by atoms with Crippen LogP contribution in [-0.2, 0) is 10.0 Å². The Hall–Kier alpha value is -2.33. The van der Waals surface area contributed by atoms with Crippen molar-refractivity contribution in [3.05, 3.63) is 40.6 Å². The third-order valence-electron chi connectivity index (χ3n) is 6.60. The van der Waals surface area contributed by atoms with Crippen LogP contribution in [0.25, 0.3) is 11.0 Å². The highest BCUT2D eigenvalue weighted by Crippen LogP contribution is 2.59. The Kier molecular flexibility index (Phi) is 4.48. The Labute approximate surface area is 173 Å². The van der Waals surface area contributed by atoms with E-state index in [0.29, 0.717) is 49.3 Å². The number of aromatic nitrogens is 3. The number of hydrogen-bond donors (Lipinski definition) is 1. The van der Waals surface area contributed by atoms with Gasteiger partial charge in [-0.1, -0.05) is 12.2 Å². The summed E-state index contributed by atoms with van der Waals surface area (Å²) in [5, 5.41) is 3.76. The molecular formula is C20H24FN5O3S. The maximum atomic E-state index is 14.4. The average molecular weight is 434 g/mol. The van der Waals surface area contributed by atoms with Gasteiger partial charge in [0.25, 0.3) is 5.56 Å². The van der Waals surface area contributed by atoms with Gasteiger partial charge < -0.3 is 5.32 Å². The zero-order valence-corrected chi connectivity index (χ0v) is 17.5. The van der Waals surface area contributed by atoms with Gasteiger partial charge in [0, 0.05) is 36.1 Å². The van der Waals surface area contributed by atoms with Crippen molar-refractivity contribution in [1.82, 2.24) is 18.8 Å². The molecule has 3 heterocycles. The van der Waals surface area contributed by atoms with Gasteiger partial charge in [-0.2, -0.15) is 4.98 Å². The molecule has 2 aliphatic carbocycles. The van der Waals surface area contributed by atoms with Crippen LogP contribution in [0.15, 0.2) is 29.2 Å². The summed E-state index contributed by atoms with van der Waals surface area (Å²) >= 11 is 0. The van der Waals surface area contributed by atoms with E-state index in [-0.39, 0.29) is 17.5 Å². The van der Waals surface area contributed by atoms with Gasteiger partial charge in [0.05, 0.1) is 12.3 Å². The predicted octanol–water partition coefficient (Wildman–Crippen LogP) is 2.05. The molecule has 8 nitrogen and oxygen atoms in total. The lowest BCUT2D eigenvalue weighted by atomic mass is 10.00. The van der Waals surface area contributed by atoms with Crippen LogP contribution >= 0.6 is 0 Å². The van der Waals surface area contributed by atoms with Gasteiger partial charge in [-0.05, 0) is 38.2 Å². The lowest BCUT2D eigenvalue weighted by Crippen LogP contribution is -2.42. The van der Waals surface area contributed by atoms with Crippen molar-refractivity contribution in [2.24, 2.45) is 5.41 Å². The number of pyridine rings is 1. The van der Waals surface area contributed by atoms with Crippen molar-refractivity contribution in [3.8, 4) is 0 Å². The molecular weight excluding hydrogens is 409 g/mol. The molecule has 1 spiro atoms. The smallest absolute Gasteiger partial charge is 0.288 e. The summed E-state index contributed by atoms with van der Waals surface area (Å²) in [4.78, 5) is 21.6. The number of piperidine rings is 1. The fourth-order valence-corrected chi connectivity index (χ4v) is 5.62. The zero-order valence-electron chi connectivity index (χ0n) is 16.7. The molecule has 10 heteroatoms. The van der Waals surface area contributed by atoms with Crippen LogP contribution in [0.2, 0.25) is 0 Å². The standard InChI is InChI=1S/C20H24FN5O3S/c1-30(28,29)25-9-4-14(5-10-25)23-19-22-12-13-11-15(21)18(27)26(17(13)24-19)16-3-2-6-20(16)7-8-20/h2,6,11-12,14,16H,3-5,7-10H2,1H3,(H,22,23,24)/t16-/m1/s1. The summed E-state index contributed by atoms with van der Waals surface area (Å²) in [7, 11) is -3.19. The first kappa shape index (κ1) is 19.6. The van der Waals surface area contributed by atoms with Crippen LogP contribution in [0.4, 0.5) is 10.3 Å². The van der Waals surface area contributed by atoms with Crippen LogP contribution in [0, 0.1) is 11.2 Å². The van der Waals surface area contributed by atoms with Crippen molar-refractivity contribution in [1.29, 1.82) is 0 Å². The summed E-state index contributed by atoms with van der Waals surface area (Å²) in [6, 6.07) is 1.11. The first-order chi connectivity index (χ1) is 14.3. The van der Waals surface area contributed by atoms with E-state index < -0.39 is 21.4 Å². The second-order valence-corrected chi connectivity index (χ2v) is 10.6. The molecule has 2 aromatic rings. The molecule has 0 bridgehead atoms. The molecule has 0 unspecified atom stereocenters. The topological polar surface area (TPSA) is 97.2 Å². The van der Waals surface area contributed by atoms with E-state index in [2.05, 4.69) is 27.4 Å². The molecule has 160 valence electrons. The Balaban J connectivity index is 1.45. The van der Waals surface area contributed by atoms with Crippen molar-refractivity contribution in [2.75, 3.05) is 24.7 Å². The highest BCUT2D eigenvalue weighted by Gasteiger charge is 2.51. The Bertz CT molecular complexity index is 1200. The maximum Gasteiger partial charge on any atom is 0.288 e. The van der Waals surface area contributed by atoms with Crippen LogP contribution in [0.3, 0.4) is 0 Å². The van der Waals surface area contributed by atoms with E-state index in [1.807, 2.05) is 0 Å². The molecule has 1 saturated carbocycles. The van der Waals surface area contributed by atoms with Crippen LogP contribution in [0.1, 0.15) is 38.1 Å². The van der Waals surface area contributed by atoms with Crippen LogP contribution in [0.5, 0.6) is 0 Å². The second kappa shape index (κ2) is 6.84. The van der Waals surface area contributed by atoms with Crippen molar-refractivity contribution in [2.45, 2.75) is 44.2 Å². The lowest BCUT2D eigenvalue weighted by molar-refractivity contribution is 0.331. The molecule has 1 aliphatic heterocycles. The highest BCUT2D eigenvalue weighted by atomic mass is 32.2. The Morgan fingerprint density at radius 3 is 2.67 bits per heavy atom. The van der Waals surface area contributed by atoms with E-state index in [9.17, 15) is 17.6 Å². The minimum atomic E-state index is -3.19. The average Bonchev–Trinajstić information content (AvgIpc) is 3.36. The number of sulfonamides is 1. The maximum absolute atomic E-state index is 14.4. The normalized spacial score (nSPS) is 24.0. The number of anilines is 1. The fourth-order valence-electron chi connectivity index (χ4n) is 4.74. The molecule has 0 radical (unpaired) electrons. The number of allylic oxidation sites excluding steroid dienone is 2. The number of nitrogens with zero attached hydrogens (tertiary/aromatic N) is 4. The summed E-state index contributed by atoms with van der Waals surface area (Å²) in [5.74, 6) is -0.418. The van der Waals surface area contributed by atoms with Crippen molar-refractivity contribution < 1.29 is 12.8 Å². The Morgan fingerprint density at radius 2 is 2.00 bits per heavy atom. The molecule has 1 N–H and O–H groups in total. The van der Waals surface area contributed by atoms with Crippen molar-refractivity contribution >= 4 is 27.0 Å². The molecule has 30 heavy (non-hydrogen) atoms. The second-order valence-electron chi connectivity index (χ2n) is 8.61. The molecule has 5 rings (SSSR count). The number of hydrogen-bond acceptors (Lipinski definition) is 6. The third-order valence-corrected chi connectivity index (χ3v) is 7.90. The van der Waals surface area contributed by atoms with Gasteiger partial charge in [0.1, 0.15) is 5.65 Å². The predicted molar refractivity (Wildman–Crippen MR) is 111 cm³/mol. The number of nitrogens with one attached hydrogen (secondary N) is 1. The number of halogens is 1. The molecule has 0 aromatic carbocycles. The van der Waals surface area contributed by atoms with Gasteiger partial charge in [-0.15, -0.1) is 0 Å². The third kappa shape index (κ3) is 3.31. The fraction of sp³-hybridized carbons (Fsp3) is 0.550. The van der Waals surface area contributed by atoms with Crippen LogP contribution in [-0.4, -0.2) is 52.6 Å². The number of fused-ring (bicyclic) bond motifs is 1. The molecule has 1 saturated heterocycles. The molecule has 2 fully saturated rings. The zero-order chi connectivity index (χ0) is 21.1. The minimum absolute atomic E-state index is 0.0315. The van der Waals surface area contributed by atoms with E-state index in [4.69, 9.17) is 0 Å². The van der Waals surface area contributed by atoms with Crippen molar-refractivity contribution in [3.63, 3.8) is 0 Å². The monoisotopic (exact) mass is 433 g/mol. The van der Waals surface area contributed by atoms with E-state index in [1.54, 1.807) is 0 Å². The molecule has 2 aromatic heterocycles. The van der Waals surface area contributed by atoms with Gasteiger partial charge in [0.15, 0.2) is 5.82 Å². The Morgan fingerprint density at radius 1 is 1.27 bits per heavy atom. The van der Waals surface area contributed by atoms with E-state index >= 15 is 0 Å². The van der Waals surface area contributed by atoms with Gasteiger partial charge in [0.2, 0.25) is 16.0 Å². The van der Waals surface area contributed by atoms with Crippen LogP contribution < -0.4 is 10.9 Å². The first-order valence-corrected chi connectivity index (χ1v) is 12.1. The lowest BCUT2D eigenvalue weighted by Gasteiger charge is -2.30. The minimum Gasteiger partial charge on any atom is -0.351 e. The molecule has 3 aliphatic rings. The van der Waals surface area contributed by atoms with E-state index in [1.165, 1.54) is 27.4 Å². The van der Waals surface area contributed by atoms with Gasteiger partial charge >= 0.3 is 0 Å². The molecule has 1 atom stereocenters. The highest BCUT2D eigenvalue weighted by molar-refractivity contribution is 7.88. The summed E-state index contributed by atoms with van der Waals surface area (Å²) in [5.41, 5.74) is -0.261. The van der Waals surface area contributed by atoms with E-state index in [0.717, 1.165) is 12.8 Å². The SMILES string of the molecule is CS(=O)(=O)N1CCC(Nc2ncc3cc(F)c(=O)n([C@@H]4CC=CC45CC5)c3n2)CC1.